The number of anilines is 1. The molecule has 3 aromatic rings. The van der Waals surface area contributed by atoms with Gasteiger partial charge in [0.2, 0.25) is 0 Å². The molecule has 2 fully saturated rings. The summed E-state index contributed by atoms with van der Waals surface area (Å²) in [6, 6.07) is 8.94. The molecular formula is C22H20FN5O3. The molecule has 31 heavy (non-hydrogen) atoms. The van der Waals surface area contributed by atoms with E-state index in [0.717, 1.165) is 34.4 Å². The third kappa shape index (κ3) is 3.17. The quantitative estimate of drug-likeness (QED) is 0.499. The van der Waals surface area contributed by atoms with Crippen molar-refractivity contribution in [1.82, 2.24) is 19.7 Å². The number of aliphatic hydroxyl groups is 1. The van der Waals surface area contributed by atoms with Crippen LogP contribution in [0.4, 0.5) is 10.2 Å². The SMILES string of the molecule is C=C(F)C(=O)N1CC(c2nn(-c3ccc(C=O)cc3)c3ccnc(N4CC(O)C4)c23)C1. The molecule has 0 bridgehead atoms. The van der Waals surface area contributed by atoms with Gasteiger partial charge >= 0.3 is 0 Å². The second-order valence-electron chi connectivity index (χ2n) is 7.91. The lowest BCUT2D eigenvalue weighted by molar-refractivity contribution is -0.133. The Bertz CT molecular complexity index is 1190. The smallest absolute Gasteiger partial charge is 0.282 e. The average molecular weight is 421 g/mol. The number of hydrogen-bond donors (Lipinski definition) is 1. The zero-order valence-corrected chi connectivity index (χ0v) is 16.6. The van der Waals surface area contributed by atoms with Crippen LogP contribution in [0.15, 0.2) is 48.9 Å². The number of benzene rings is 1. The van der Waals surface area contributed by atoms with Crippen molar-refractivity contribution in [2.45, 2.75) is 12.0 Å². The summed E-state index contributed by atoms with van der Waals surface area (Å²) in [5.74, 6) is -1.02. The summed E-state index contributed by atoms with van der Waals surface area (Å²) in [5, 5.41) is 15.5. The first kappa shape index (κ1) is 19.4. The van der Waals surface area contributed by atoms with Crippen molar-refractivity contribution in [1.29, 1.82) is 0 Å². The standard InChI is InChI=1S/C22H20FN5O3/c1-13(23)22(31)27-8-15(9-27)20-19-18(6-7-24-21(19)26-10-17(30)11-26)28(25-20)16-4-2-14(12-29)3-5-16/h2-7,12,15,17,30H,1,8-11H2. The van der Waals surface area contributed by atoms with Gasteiger partial charge in [-0.3, -0.25) is 9.59 Å². The molecule has 1 N–H and O–H groups in total. The Hall–Kier alpha value is -3.59. The number of hydrogen-bond acceptors (Lipinski definition) is 6. The first-order valence-corrected chi connectivity index (χ1v) is 9.96. The number of fused-ring (bicyclic) bond motifs is 1. The van der Waals surface area contributed by atoms with E-state index in [1.807, 2.05) is 23.1 Å². The van der Waals surface area contributed by atoms with Crippen molar-refractivity contribution in [3.63, 3.8) is 0 Å². The molecule has 8 nitrogen and oxygen atoms in total. The predicted octanol–water partition coefficient (Wildman–Crippen LogP) is 1.82. The molecule has 2 aliphatic rings. The summed E-state index contributed by atoms with van der Waals surface area (Å²) >= 11 is 0. The normalized spacial score (nSPS) is 16.8. The average Bonchev–Trinajstić information content (AvgIpc) is 3.10. The number of nitrogens with zero attached hydrogens (tertiary/aromatic N) is 5. The Balaban J connectivity index is 1.59. The summed E-state index contributed by atoms with van der Waals surface area (Å²) in [7, 11) is 0. The zero-order valence-electron chi connectivity index (χ0n) is 16.6. The van der Waals surface area contributed by atoms with Crippen molar-refractivity contribution in [3.05, 3.63) is 60.2 Å². The minimum Gasteiger partial charge on any atom is -0.389 e. The van der Waals surface area contributed by atoms with Gasteiger partial charge in [-0.25, -0.2) is 14.1 Å². The lowest BCUT2D eigenvalue weighted by Crippen LogP contribution is -2.51. The number of halogens is 1. The van der Waals surface area contributed by atoms with E-state index < -0.39 is 11.7 Å². The van der Waals surface area contributed by atoms with E-state index in [-0.39, 0.29) is 12.0 Å². The fourth-order valence-corrected chi connectivity index (χ4v) is 4.11. The molecule has 0 spiro atoms. The highest BCUT2D eigenvalue weighted by molar-refractivity contribution is 5.95. The van der Waals surface area contributed by atoms with Crippen LogP contribution in [0.5, 0.6) is 0 Å². The van der Waals surface area contributed by atoms with Crippen molar-refractivity contribution < 1.29 is 19.1 Å². The molecule has 158 valence electrons. The van der Waals surface area contributed by atoms with Crippen LogP contribution >= 0.6 is 0 Å². The first-order chi connectivity index (χ1) is 15.0. The number of rotatable bonds is 5. The van der Waals surface area contributed by atoms with Crippen molar-refractivity contribution >= 4 is 28.9 Å². The van der Waals surface area contributed by atoms with Crippen LogP contribution in [0.3, 0.4) is 0 Å². The van der Waals surface area contributed by atoms with E-state index in [0.29, 0.717) is 31.7 Å². The second kappa shape index (κ2) is 7.28. The number of β-amino-alcohol motifs (C(OH)–C–C–N with tert-alkyl or cyclic N) is 1. The highest BCUT2D eigenvalue weighted by Crippen LogP contribution is 2.38. The fraction of sp³-hybridized carbons (Fsp3) is 0.273. The highest BCUT2D eigenvalue weighted by atomic mass is 19.1. The minimum atomic E-state index is -0.971. The number of aldehydes is 1. The van der Waals surface area contributed by atoms with Crippen LogP contribution in [0.2, 0.25) is 0 Å². The van der Waals surface area contributed by atoms with Crippen LogP contribution in [0.1, 0.15) is 22.0 Å². The van der Waals surface area contributed by atoms with Gasteiger partial charge in [-0.05, 0) is 30.3 Å². The number of carbonyl (C=O) groups is 2. The molecule has 2 saturated heterocycles. The maximum Gasteiger partial charge on any atom is 0.282 e. The first-order valence-electron chi connectivity index (χ1n) is 9.96. The molecule has 9 heteroatoms. The van der Waals surface area contributed by atoms with E-state index in [1.165, 1.54) is 4.90 Å². The molecule has 2 aliphatic heterocycles. The fourth-order valence-electron chi connectivity index (χ4n) is 4.11. The molecule has 5 rings (SSSR count). The Kier molecular flexibility index (Phi) is 4.55. The number of amides is 1. The van der Waals surface area contributed by atoms with E-state index in [4.69, 9.17) is 5.10 Å². The molecule has 2 aromatic heterocycles. The number of likely N-dealkylation sites (tertiary alicyclic amines) is 1. The monoisotopic (exact) mass is 421 g/mol. The zero-order chi connectivity index (χ0) is 21.7. The molecular weight excluding hydrogens is 401 g/mol. The van der Waals surface area contributed by atoms with Crippen LogP contribution < -0.4 is 4.90 Å². The lowest BCUT2D eigenvalue weighted by Gasteiger charge is -2.39. The van der Waals surface area contributed by atoms with Gasteiger partial charge in [0.05, 0.1) is 28.4 Å². The van der Waals surface area contributed by atoms with Gasteiger partial charge < -0.3 is 14.9 Å². The Labute approximate surface area is 177 Å². The summed E-state index contributed by atoms with van der Waals surface area (Å²) in [4.78, 5) is 30.8. The van der Waals surface area contributed by atoms with Gasteiger partial charge in [-0.2, -0.15) is 5.10 Å². The number of pyridine rings is 1. The molecule has 0 aliphatic carbocycles. The molecule has 0 atom stereocenters. The van der Waals surface area contributed by atoms with Crippen molar-refractivity contribution in [2.24, 2.45) is 0 Å². The Morgan fingerprint density at radius 2 is 1.87 bits per heavy atom. The lowest BCUT2D eigenvalue weighted by atomic mass is 9.93. The minimum absolute atomic E-state index is 0.0737. The molecule has 4 heterocycles. The van der Waals surface area contributed by atoms with Crippen LogP contribution in [0.25, 0.3) is 16.6 Å². The maximum atomic E-state index is 13.2. The molecule has 0 saturated carbocycles. The van der Waals surface area contributed by atoms with Gasteiger partial charge in [0.15, 0.2) is 5.83 Å². The van der Waals surface area contributed by atoms with Crippen LogP contribution in [-0.2, 0) is 4.79 Å². The van der Waals surface area contributed by atoms with Gasteiger partial charge in [0.25, 0.3) is 5.91 Å². The molecule has 0 unspecified atom stereocenters. The summed E-state index contributed by atoms with van der Waals surface area (Å²) < 4.78 is 15.0. The van der Waals surface area contributed by atoms with Crippen molar-refractivity contribution in [3.8, 4) is 5.69 Å². The van der Waals surface area contributed by atoms with Gasteiger partial charge in [-0.15, -0.1) is 0 Å². The summed E-state index contributed by atoms with van der Waals surface area (Å²) in [6.07, 6.45) is 2.10. The van der Waals surface area contributed by atoms with Crippen LogP contribution in [-0.4, -0.2) is 69.2 Å². The third-order valence-corrected chi connectivity index (χ3v) is 5.82. The summed E-state index contributed by atoms with van der Waals surface area (Å²) in [5.41, 5.74) is 2.95. The van der Waals surface area contributed by atoms with E-state index in [2.05, 4.69) is 11.6 Å². The van der Waals surface area contributed by atoms with E-state index in [1.54, 1.807) is 23.0 Å². The summed E-state index contributed by atoms with van der Waals surface area (Å²) in [6.45, 7) is 4.74. The number of aromatic nitrogens is 3. The van der Waals surface area contributed by atoms with Gasteiger partial charge in [0.1, 0.15) is 12.1 Å². The van der Waals surface area contributed by atoms with Gasteiger partial charge in [0, 0.05) is 43.9 Å². The van der Waals surface area contributed by atoms with E-state index in [9.17, 15) is 19.1 Å². The van der Waals surface area contributed by atoms with E-state index >= 15 is 0 Å². The Morgan fingerprint density at radius 1 is 1.16 bits per heavy atom. The molecule has 0 radical (unpaired) electrons. The largest absolute Gasteiger partial charge is 0.389 e. The predicted molar refractivity (Wildman–Crippen MR) is 112 cm³/mol. The van der Waals surface area contributed by atoms with Gasteiger partial charge in [-0.1, -0.05) is 6.58 Å². The second-order valence-corrected chi connectivity index (χ2v) is 7.91. The third-order valence-electron chi connectivity index (χ3n) is 5.82. The Morgan fingerprint density at radius 3 is 2.48 bits per heavy atom. The number of aliphatic hydroxyl groups excluding tert-OH is 1. The topological polar surface area (TPSA) is 91.6 Å². The number of carbonyl (C=O) groups excluding carboxylic acids is 2. The molecule has 1 aromatic carbocycles. The van der Waals surface area contributed by atoms with Crippen LogP contribution in [0, 0.1) is 0 Å². The maximum absolute atomic E-state index is 13.2. The molecule has 1 amide bonds. The highest BCUT2D eigenvalue weighted by Gasteiger charge is 2.38. The van der Waals surface area contributed by atoms with Crippen molar-refractivity contribution in [2.75, 3.05) is 31.1 Å².